The number of aliphatic hydroxyl groups is 1. The van der Waals surface area contributed by atoms with Crippen molar-refractivity contribution in [3.63, 3.8) is 0 Å². The molecular weight excluding hydrogens is 222 g/mol. The van der Waals surface area contributed by atoms with Gasteiger partial charge in [0, 0.05) is 13.5 Å². The first kappa shape index (κ1) is 15.9. The third-order valence-corrected chi connectivity index (χ3v) is 2.70. The summed E-state index contributed by atoms with van der Waals surface area (Å²) < 4.78 is 0. The van der Waals surface area contributed by atoms with Crippen LogP contribution in [0.2, 0.25) is 0 Å². The van der Waals surface area contributed by atoms with E-state index in [0.717, 1.165) is 25.7 Å². The Labute approximate surface area is 102 Å². The fraction of sp³-hybridized carbons (Fsp3) is 0.833. The first-order chi connectivity index (χ1) is 7.91. The molecule has 0 aromatic carbocycles. The van der Waals surface area contributed by atoms with Gasteiger partial charge >= 0.3 is 5.97 Å². The van der Waals surface area contributed by atoms with Crippen molar-refractivity contribution in [1.29, 1.82) is 0 Å². The zero-order chi connectivity index (χ0) is 13.4. The predicted molar refractivity (Wildman–Crippen MR) is 64.6 cm³/mol. The summed E-state index contributed by atoms with van der Waals surface area (Å²) in [5.41, 5.74) is 0. The molecule has 0 saturated heterocycles. The van der Waals surface area contributed by atoms with Crippen molar-refractivity contribution in [3.05, 3.63) is 0 Å². The summed E-state index contributed by atoms with van der Waals surface area (Å²) in [7, 11) is 0. The van der Waals surface area contributed by atoms with Crippen LogP contribution in [0.3, 0.4) is 0 Å². The molecule has 0 radical (unpaired) electrons. The van der Waals surface area contributed by atoms with E-state index in [1.807, 2.05) is 0 Å². The van der Waals surface area contributed by atoms with Gasteiger partial charge in [-0.1, -0.05) is 26.2 Å². The lowest BCUT2D eigenvalue weighted by atomic mass is 10.1. The van der Waals surface area contributed by atoms with Crippen LogP contribution in [0.5, 0.6) is 0 Å². The highest BCUT2D eigenvalue weighted by molar-refractivity contribution is 5.82. The molecule has 2 N–H and O–H groups in total. The Balaban J connectivity index is 4.48. The van der Waals surface area contributed by atoms with Crippen molar-refractivity contribution in [2.45, 2.75) is 58.6 Å². The number of carboxylic acids is 1. The molecule has 17 heavy (non-hydrogen) atoms. The van der Waals surface area contributed by atoms with E-state index in [1.165, 1.54) is 18.7 Å². The van der Waals surface area contributed by atoms with Gasteiger partial charge < -0.3 is 15.1 Å². The number of hydrogen-bond acceptors (Lipinski definition) is 3. The Bertz CT molecular complexity index is 253. The van der Waals surface area contributed by atoms with Gasteiger partial charge in [0.2, 0.25) is 5.91 Å². The summed E-state index contributed by atoms with van der Waals surface area (Å²) in [6.07, 6.45) is 2.82. The third kappa shape index (κ3) is 5.68. The molecule has 0 aliphatic heterocycles. The van der Waals surface area contributed by atoms with E-state index in [4.69, 9.17) is 5.11 Å². The normalized spacial score (nSPS) is 14.1. The molecule has 2 unspecified atom stereocenters. The summed E-state index contributed by atoms with van der Waals surface area (Å²) >= 11 is 0. The maximum atomic E-state index is 11.4. The Morgan fingerprint density at radius 2 is 1.82 bits per heavy atom. The molecule has 0 rings (SSSR count). The van der Waals surface area contributed by atoms with Gasteiger partial charge in [0.15, 0.2) is 6.04 Å². The van der Waals surface area contributed by atoms with Crippen LogP contribution in [-0.2, 0) is 9.59 Å². The average Bonchev–Trinajstić information content (AvgIpc) is 2.20. The summed E-state index contributed by atoms with van der Waals surface area (Å²) in [4.78, 5) is 23.7. The van der Waals surface area contributed by atoms with E-state index in [9.17, 15) is 14.7 Å². The Morgan fingerprint density at radius 1 is 1.24 bits per heavy atom. The first-order valence-electron chi connectivity index (χ1n) is 6.09. The van der Waals surface area contributed by atoms with Crippen LogP contribution in [0.1, 0.15) is 46.5 Å². The van der Waals surface area contributed by atoms with Gasteiger partial charge in [-0.3, -0.25) is 4.79 Å². The molecule has 0 spiro atoms. The predicted octanol–water partition coefficient (Wildman–Crippen LogP) is 1.25. The first-order valence-corrected chi connectivity index (χ1v) is 6.09. The fourth-order valence-corrected chi connectivity index (χ4v) is 1.80. The summed E-state index contributed by atoms with van der Waals surface area (Å²) in [5, 5.41) is 18.4. The van der Waals surface area contributed by atoms with E-state index in [0.29, 0.717) is 6.54 Å². The minimum Gasteiger partial charge on any atom is -0.480 e. The molecule has 0 aromatic heterocycles. The average molecular weight is 245 g/mol. The maximum absolute atomic E-state index is 11.4. The lowest BCUT2D eigenvalue weighted by Crippen LogP contribution is -2.50. The fourth-order valence-electron chi connectivity index (χ4n) is 1.80. The van der Waals surface area contributed by atoms with E-state index < -0.39 is 18.1 Å². The molecule has 0 fully saturated rings. The molecule has 0 saturated carbocycles. The molecular formula is C12H23NO4. The van der Waals surface area contributed by atoms with Gasteiger partial charge in [0.05, 0.1) is 6.10 Å². The lowest BCUT2D eigenvalue weighted by molar-refractivity contribution is -0.154. The number of nitrogens with zero attached hydrogens (tertiary/aromatic N) is 1. The molecule has 0 heterocycles. The minimum atomic E-state index is -1.16. The van der Waals surface area contributed by atoms with Crippen LogP contribution in [0.4, 0.5) is 0 Å². The second-order valence-corrected chi connectivity index (χ2v) is 4.30. The zero-order valence-corrected chi connectivity index (χ0v) is 10.8. The second-order valence-electron chi connectivity index (χ2n) is 4.30. The number of rotatable bonds is 8. The molecule has 0 bridgehead atoms. The number of hydrogen-bond donors (Lipinski definition) is 2. The quantitative estimate of drug-likeness (QED) is 0.631. The van der Waals surface area contributed by atoms with Crippen LogP contribution in [-0.4, -0.2) is 45.7 Å². The Hall–Kier alpha value is -1.10. The number of carbonyl (C=O) groups excluding carboxylic acids is 1. The van der Waals surface area contributed by atoms with Crippen molar-refractivity contribution < 1.29 is 19.8 Å². The number of carbonyl (C=O) groups is 2. The second kappa shape index (κ2) is 8.06. The number of aliphatic carboxylic acids is 1. The monoisotopic (exact) mass is 245 g/mol. The van der Waals surface area contributed by atoms with E-state index >= 15 is 0 Å². The van der Waals surface area contributed by atoms with Gasteiger partial charge in [0.1, 0.15) is 0 Å². The van der Waals surface area contributed by atoms with Crippen molar-refractivity contribution in [2.75, 3.05) is 6.54 Å². The van der Waals surface area contributed by atoms with Crippen LogP contribution >= 0.6 is 0 Å². The van der Waals surface area contributed by atoms with E-state index in [-0.39, 0.29) is 5.91 Å². The Kier molecular flexibility index (Phi) is 7.54. The third-order valence-electron chi connectivity index (χ3n) is 2.70. The van der Waals surface area contributed by atoms with Crippen molar-refractivity contribution in [1.82, 2.24) is 4.90 Å². The number of unbranched alkanes of at least 4 members (excludes halogenated alkanes) is 3. The summed E-state index contributed by atoms with van der Waals surface area (Å²) in [6.45, 7) is 5.19. The van der Waals surface area contributed by atoms with Gasteiger partial charge in [-0.2, -0.15) is 0 Å². The molecule has 5 heteroatoms. The van der Waals surface area contributed by atoms with E-state index in [2.05, 4.69) is 6.92 Å². The molecule has 0 aromatic rings. The molecule has 100 valence electrons. The van der Waals surface area contributed by atoms with Crippen molar-refractivity contribution in [2.24, 2.45) is 0 Å². The SMILES string of the molecule is CCCCCCN(C(C)=O)C(C(=O)O)C(C)O. The van der Waals surface area contributed by atoms with Gasteiger partial charge in [-0.05, 0) is 13.3 Å². The molecule has 5 nitrogen and oxygen atoms in total. The molecule has 1 amide bonds. The van der Waals surface area contributed by atoms with Gasteiger partial charge in [0.25, 0.3) is 0 Å². The van der Waals surface area contributed by atoms with Gasteiger partial charge in [-0.25, -0.2) is 4.79 Å². The standard InChI is InChI=1S/C12H23NO4/c1-4-5-6-7-8-13(10(3)15)11(9(2)14)12(16)17/h9,11,14H,4-8H2,1-3H3,(H,16,17). The smallest absolute Gasteiger partial charge is 0.329 e. The molecule has 0 aliphatic rings. The number of aliphatic hydroxyl groups excluding tert-OH is 1. The van der Waals surface area contributed by atoms with Crippen LogP contribution in [0.25, 0.3) is 0 Å². The topological polar surface area (TPSA) is 77.8 Å². The highest BCUT2D eigenvalue weighted by Gasteiger charge is 2.31. The van der Waals surface area contributed by atoms with E-state index in [1.54, 1.807) is 0 Å². The van der Waals surface area contributed by atoms with Crippen molar-refractivity contribution >= 4 is 11.9 Å². The largest absolute Gasteiger partial charge is 0.480 e. The van der Waals surface area contributed by atoms with Crippen LogP contribution in [0, 0.1) is 0 Å². The van der Waals surface area contributed by atoms with Crippen molar-refractivity contribution in [3.8, 4) is 0 Å². The summed E-state index contributed by atoms with van der Waals surface area (Å²) in [6, 6.07) is -1.14. The van der Waals surface area contributed by atoms with Gasteiger partial charge in [-0.15, -0.1) is 0 Å². The molecule has 0 aliphatic carbocycles. The highest BCUT2D eigenvalue weighted by atomic mass is 16.4. The van der Waals surface area contributed by atoms with Crippen LogP contribution < -0.4 is 0 Å². The lowest BCUT2D eigenvalue weighted by Gasteiger charge is -2.29. The Morgan fingerprint density at radius 3 is 2.18 bits per heavy atom. The zero-order valence-electron chi connectivity index (χ0n) is 10.8. The summed E-state index contributed by atoms with van der Waals surface area (Å²) in [5.74, 6) is -1.47. The maximum Gasteiger partial charge on any atom is 0.329 e. The van der Waals surface area contributed by atoms with Crippen LogP contribution in [0.15, 0.2) is 0 Å². The molecule has 2 atom stereocenters. The highest BCUT2D eigenvalue weighted by Crippen LogP contribution is 2.09. The number of carboxylic acid groups (broad SMARTS) is 1. The minimum absolute atomic E-state index is 0.310. The number of amides is 1.